The Morgan fingerprint density at radius 2 is 1.90 bits per heavy atom. The zero-order chi connectivity index (χ0) is 21.2. The van der Waals surface area contributed by atoms with Gasteiger partial charge in [-0.15, -0.1) is 0 Å². The van der Waals surface area contributed by atoms with E-state index >= 15 is 0 Å². The maximum Gasteiger partial charge on any atom is 0.246 e. The monoisotopic (exact) mass is 420 g/mol. The van der Waals surface area contributed by atoms with Gasteiger partial charge in [-0.2, -0.15) is 4.31 Å². The van der Waals surface area contributed by atoms with Crippen LogP contribution in [-0.2, 0) is 14.8 Å². The summed E-state index contributed by atoms with van der Waals surface area (Å²) < 4.78 is 42.8. The molecule has 9 heteroatoms. The molecule has 156 valence electrons. The Balaban J connectivity index is 1.76. The van der Waals surface area contributed by atoms with Gasteiger partial charge in [0.1, 0.15) is 10.6 Å². The Morgan fingerprint density at radius 3 is 2.59 bits per heavy atom. The maximum absolute atomic E-state index is 13.1. The van der Waals surface area contributed by atoms with Gasteiger partial charge in [0.25, 0.3) is 0 Å². The summed E-state index contributed by atoms with van der Waals surface area (Å²) >= 11 is 0. The summed E-state index contributed by atoms with van der Waals surface area (Å²) in [6.45, 7) is 3.72. The van der Waals surface area contributed by atoms with Crippen LogP contribution >= 0.6 is 0 Å². The summed E-state index contributed by atoms with van der Waals surface area (Å²) in [5.74, 6) is 1.03. The number of carbonyl (C=O) groups excluding carboxylic acids is 1. The van der Waals surface area contributed by atoms with Crippen molar-refractivity contribution < 1.29 is 27.4 Å². The minimum absolute atomic E-state index is 0.0320. The Bertz CT molecular complexity index is 1020. The van der Waals surface area contributed by atoms with E-state index in [0.717, 1.165) is 9.87 Å². The largest absolute Gasteiger partial charge is 0.495 e. The van der Waals surface area contributed by atoms with E-state index in [-0.39, 0.29) is 29.9 Å². The van der Waals surface area contributed by atoms with Crippen molar-refractivity contribution in [3.63, 3.8) is 0 Å². The number of amides is 1. The van der Waals surface area contributed by atoms with Crippen molar-refractivity contribution in [2.24, 2.45) is 0 Å². The number of hydrogen-bond acceptors (Lipinski definition) is 6. The van der Waals surface area contributed by atoms with Crippen molar-refractivity contribution in [1.29, 1.82) is 0 Å². The van der Waals surface area contributed by atoms with Gasteiger partial charge < -0.3 is 19.5 Å². The minimum Gasteiger partial charge on any atom is -0.495 e. The summed E-state index contributed by atoms with van der Waals surface area (Å²) in [6.07, 6.45) is 0. The highest BCUT2D eigenvalue weighted by Crippen LogP contribution is 2.34. The number of nitrogens with zero attached hydrogens (tertiary/aromatic N) is 1. The third-order valence-electron chi connectivity index (χ3n) is 4.57. The van der Waals surface area contributed by atoms with Gasteiger partial charge in [0.15, 0.2) is 11.5 Å². The van der Waals surface area contributed by atoms with Crippen molar-refractivity contribution in [1.82, 2.24) is 4.31 Å². The molecule has 1 amide bonds. The van der Waals surface area contributed by atoms with Gasteiger partial charge in [-0.05, 0) is 35.7 Å². The van der Waals surface area contributed by atoms with Crippen LogP contribution in [0.3, 0.4) is 0 Å². The minimum atomic E-state index is -3.93. The molecule has 8 nitrogen and oxygen atoms in total. The van der Waals surface area contributed by atoms with Crippen LogP contribution in [0.25, 0.3) is 0 Å². The van der Waals surface area contributed by atoms with E-state index in [2.05, 4.69) is 5.32 Å². The first-order chi connectivity index (χ1) is 13.7. The number of fused-ring (bicyclic) bond motifs is 1. The average Bonchev–Trinajstić information content (AvgIpc) is 3.14. The molecule has 0 saturated carbocycles. The number of sulfonamides is 1. The van der Waals surface area contributed by atoms with Crippen LogP contribution in [-0.4, -0.2) is 46.1 Å². The molecule has 0 unspecified atom stereocenters. The molecule has 1 aliphatic rings. The summed E-state index contributed by atoms with van der Waals surface area (Å²) in [6, 6.07) is 10.0. The molecule has 0 saturated heterocycles. The van der Waals surface area contributed by atoms with E-state index in [0.29, 0.717) is 17.2 Å². The van der Waals surface area contributed by atoms with Crippen LogP contribution in [0.15, 0.2) is 41.3 Å². The van der Waals surface area contributed by atoms with E-state index in [1.807, 2.05) is 19.9 Å². The van der Waals surface area contributed by atoms with Crippen LogP contribution in [0, 0.1) is 0 Å². The molecule has 0 bridgehead atoms. The lowest BCUT2D eigenvalue weighted by atomic mass is 10.0. The van der Waals surface area contributed by atoms with Gasteiger partial charge >= 0.3 is 0 Å². The Labute approximate surface area is 170 Å². The molecule has 0 spiro atoms. The summed E-state index contributed by atoms with van der Waals surface area (Å²) in [4.78, 5) is 12.4. The SMILES string of the molecule is COc1ccc(C(C)C)cc1S(=O)(=O)N(C)CC(=O)Nc1ccc2c(c1)OCO2. The third kappa shape index (κ3) is 4.46. The van der Waals surface area contributed by atoms with Gasteiger partial charge in [0.2, 0.25) is 22.7 Å². The second kappa shape index (κ2) is 8.30. The normalized spacial score (nSPS) is 13.0. The molecule has 0 aromatic heterocycles. The number of ether oxygens (including phenoxy) is 3. The molecule has 2 aromatic rings. The quantitative estimate of drug-likeness (QED) is 0.740. The number of benzene rings is 2. The Hall–Kier alpha value is -2.78. The van der Waals surface area contributed by atoms with Crippen molar-refractivity contribution >= 4 is 21.6 Å². The second-order valence-electron chi connectivity index (χ2n) is 6.94. The standard InChI is InChI=1S/C20H24N2O6S/c1-13(2)14-5-7-17(26-4)19(9-14)29(24,25)22(3)11-20(23)21-15-6-8-16-18(10-15)28-12-27-16/h5-10,13H,11-12H2,1-4H3,(H,21,23). The van der Waals surface area contributed by atoms with Gasteiger partial charge in [-0.3, -0.25) is 4.79 Å². The van der Waals surface area contributed by atoms with Crippen LogP contribution in [0.1, 0.15) is 25.3 Å². The number of likely N-dealkylation sites (N-methyl/N-ethyl adjacent to an activating group) is 1. The van der Waals surface area contributed by atoms with E-state index in [4.69, 9.17) is 14.2 Å². The molecule has 2 aromatic carbocycles. The van der Waals surface area contributed by atoms with Crippen LogP contribution in [0.4, 0.5) is 5.69 Å². The van der Waals surface area contributed by atoms with E-state index < -0.39 is 15.9 Å². The zero-order valence-corrected chi connectivity index (χ0v) is 17.6. The van der Waals surface area contributed by atoms with Crippen LogP contribution < -0.4 is 19.5 Å². The Morgan fingerprint density at radius 1 is 1.17 bits per heavy atom. The van der Waals surface area contributed by atoms with Gasteiger partial charge in [-0.25, -0.2) is 8.42 Å². The van der Waals surface area contributed by atoms with Gasteiger partial charge in [0.05, 0.1) is 13.7 Å². The van der Waals surface area contributed by atoms with Crippen molar-refractivity contribution in [2.45, 2.75) is 24.7 Å². The average molecular weight is 420 g/mol. The third-order valence-corrected chi connectivity index (χ3v) is 6.39. The first-order valence-corrected chi connectivity index (χ1v) is 10.5. The number of methoxy groups -OCH3 is 1. The Kier molecular flexibility index (Phi) is 5.99. The van der Waals surface area contributed by atoms with E-state index in [9.17, 15) is 13.2 Å². The molecule has 1 aliphatic heterocycles. The molecule has 1 heterocycles. The molecule has 3 rings (SSSR count). The fourth-order valence-electron chi connectivity index (χ4n) is 2.88. The molecular formula is C20H24N2O6S. The molecule has 0 atom stereocenters. The summed E-state index contributed by atoms with van der Waals surface area (Å²) in [5.41, 5.74) is 1.35. The lowest BCUT2D eigenvalue weighted by molar-refractivity contribution is -0.116. The van der Waals surface area contributed by atoms with Crippen molar-refractivity contribution in [3.8, 4) is 17.2 Å². The molecular weight excluding hydrogens is 396 g/mol. The van der Waals surface area contributed by atoms with E-state index in [1.54, 1.807) is 30.3 Å². The predicted octanol–water partition coefficient (Wildman–Crippen LogP) is 2.81. The molecule has 0 aliphatic carbocycles. The fraction of sp³-hybridized carbons (Fsp3) is 0.350. The van der Waals surface area contributed by atoms with Crippen molar-refractivity contribution in [2.75, 3.05) is 32.8 Å². The number of nitrogens with one attached hydrogen (secondary N) is 1. The maximum atomic E-state index is 13.1. The van der Waals surface area contributed by atoms with Crippen molar-refractivity contribution in [3.05, 3.63) is 42.0 Å². The molecule has 1 N–H and O–H groups in total. The lowest BCUT2D eigenvalue weighted by Gasteiger charge is -2.20. The smallest absolute Gasteiger partial charge is 0.246 e. The van der Waals surface area contributed by atoms with Gasteiger partial charge in [0, 0.05) is 18.8 Å². The molecule has 0 fully saturated rings. The highest BCUT2D eigenvalue weighted by molar-refractivity contribution is 7.89. The number of hydrogen-bond donors (Lipinski definition) is 1. The first kappa shape index (κ1) is 20.9. The molecule has 0 radical (unpaired) electrons. The van der Waals surface area contributed by atoms with Crippen LogP contribution in [0.5, 0.6) is 17.2 Å². The van der Waals surface area contributed by atoms with Gasteiger partial charge in [-0.1, -0.05) is 19.9 Å². The van der Waals surface area contributed by atoms with E-state index in [1.165, 1.54) is 14.2 Å². The lowest BCUT2D eigenvalue weighted by Crippen LogP contribution is -2.35. The number of anilines is 1. The predicted molar refractivity (Wildman–Crippen MR) is 108 cm³/mol. The number of rotatable bonds is 7. The van der Waals surface area contributed by atoms with Crippen LogP contribution in [0.2, 0.25) is 0 Å². The molecule has 29 heavy (non-hydrogen) atoms. The topological polar surface area (TPSA) is 94.2 Å². The first-order valence-electron chi connectivity index (χ1n) is 9.06. The highest BCUT2D eigenvalue weighted by atomic mass is 32.2. The summed E-state index contributed by atoms with van der Waals surface area (Å²) in [5, 5.41) is 2.67. The summed E-state index contributed by atoms with van der Waals surface area (Å²) in [7, 11) is -1.16. The zero-order valence-electron chi connectivity index (χ0n) is 16.8. The highest BCUT2D eigenvalue weighted by Gasteiger charge is 2.27. The second-order valence-corrected chi connectivity index (χ2v) is 8.96. The number of carbonyl (C=O) groups is 1. The fourth-order valence-corrected chi connectivity index (χ4v) is 4.20.